The highest BCUT2D eigenvalue weighted by Gasteiger charge is 2.38. The number of hydrogen-bond acceptors (Lipinski definition) is 3. The topological polar surface area (TPSA) is 32.3 Å². The number of carbonyl (C=O) groups excluding carboxylic acids is 1. The van der Waals surface area contributed by atoms with Gasteiger partial charge in [-0.15, -0.1) is 11.3 Å². The van der Waals surface area contributed by atoms with Gasteiger partial charge in [0.25, 0.3) is 5.91 Å². The molecular weight excluding hydrogens is 352 g/mol. The largest absolute Gasteiger partial charge is 0.349 e. The van der Waals surface area contributed by atoms with E-state index in [2.05, 4.69) is 27.7 Å². The fraction of sp³-hybridized carbons (Fsp3) is 0.450. The summed E-state index contributed by atoms with van der Waals surface area (Å²) in [6.45, 7) is 1.06. The zero-order valence-corrected chi connectivity index (χ0v) is 15.7. The predicted molar refractivity (Wildman–Crippen MR) is 103 cm³/mol. The lowest BCUT2D eigenvalue weighted by atomic mass is 9.81. The SMILES string of the molecule is O=C(NC1C[C@@H]2CCC[C@@H](C1)N2Cc1cccs1)c1cccc(Cl)c1. The molecule has 1 amide bonds. The molecule has 1 aromatic heterocycles. The summed E-state index contributed by atoms with van der Waals surface area (Å²) in [5.41, 5.74) is 0.652. The standard InChI is InChI=1S/C20H23ClN2OS/c21-15-5-1-4-14(10-15)20(24)22-16-11-17-6-2-7-18(12-16)23(17)13-19-8-3-9-25-19/h1,3-5,8-10,16-18H,2,6-7,11-13H2,(H,22,24)/t17-,18-/m0/s1. The molecule has 2 saturated heterocycles. The molecule has 1 aromatic carbocycles. The smallest absolute Gasteiger partial charge is 0.251 e. The molecule has 3 heterocycles. The maximum Gasteiger partial charge on any atom is 0.251 e. The molecule has 0 saturated carbocycles. The minimum atomic E-state index is -0.00252. The Morgan fingerprint density at radius 3 is 2.68 bits per heavy atom. The highest BCUT2D eigenvalue weighted by atomic mass is 35.5. The summed E-state index contributed by atoms with van der Waals surface area (Å²) in [5.74, 6) is -0.00252. The van der Waals surface area contributed by atoms with Crippen molar-refractivity contribution < 1.29 is 4.79 Å². The number of fused-ring (bicyclic) bond motifs is 2. The van der Waals surface area contributed by atoms with Crippen molar-refractivity contribution in [2.75, 3.05) is 0 Å². The molecule has 132 valence electrons. The van der Waals surface area contributed by atoms with Crippen LogP contribution in [0.4, 0.5) is 0 Å². The Hall–Kier alpha value is -1.36. The van der Waals surface area contributed by atoms with Gasteiger partial charge in [0, 0.05) is 40.1 Å². The molecule has 2 bridgehead atoms. The van der Waals surface area contributed by atoms with Crippen LogP contribution in [0, 0.1) is 0 Å². The number of nitrogens with one attached hydrogen (secondary N) is 1. The van der Waals surface area contributed by atoms with Crippen molar-refractivity contribution in [1.29, 1.82) is 0 Å². The van der Waals surface area contributed by atoms with Crippen molar-refractivity contribution in [2.45, 2.75) is 56.8 Å². The highest BCUT2D eigenvalue weighted by Crippen LogP contribution is 2.35. The van der Waals surface area contributed by atoms with Crippen molar-refractivity contribution in [1.82, 2.24) is 10.2 Å². The van der Waals surface area contributed by atoms with E-state index in [1.54, 1.807) is 12.1 Å². The van der Waals surface area contributed by atoms with Crippen LogP contribution < -0.4 is 5.32 Å². The van der Waals surface area contributed by atoms with Gasteiger partial charge in [-0.1, -0.05) is 30.2 Å². The zero-order valence-electron chi connectivity index (χ0n) is 14.2. The third-order valence-corrected chi connectivity index (χ3v) is 6.56. The number of hydrogen-bond donors (Lipinski definition) is 1. The van der Waals surface area contributed by atoms with E-state index in [9.17, 15) is 4.79 Å². The van der Waals surface area contributed by atoms with E-state index in [0.29, 0.717) is 22.7 Å². The Bertz CT molecular complexity index is 719. The molecule has 2 aliphatic rings. The van der Waals surface area contributed by atoms with Crippen LogP contribution in [-0.2, 0) is 6.54 Å². The van der Waals surface area contributed by atoms with Gasteiger partial charge in [0.15, 0.2) is 0 Å². The molecule has 2 atom stereocenters. The van der Waals surface area contributed by atoms with Gasteiger partial charge in [0.05, 0.1) is 0 Å². The van der Waals surface area contributed by atoms with Crippen molar-refractivity contribution in [3.8, 4) is 0 Å². The average Bonchev–Trinajstić information content (AvgIpc) is 3.08. The summed E-state index contributed by atoms with van der Waals surface area (Å²) in [7, 11) is 0. The maximum atomic E-state index is 12.5. The molecule has 2 aromatic rings. The van der Waals surface area contributed by atoms with Gasteiger partial charge in [-0.05, 0) is 55.3 Å². The molecule has 2 fully saturated rings. The van der Waals surface area contributed by atoms with E-state index in [-0.39, 0.29) is 11.9 Å². The number of halogens is 1. The van der Waals surface area contributed by atoms with E-state index in [1.165, 1.54) is 24.1 Å². The Balaban J connectivity index is 1.42. The van der Waals surface area contributed by atoms with Gasteiger partial charge in [0.1, 0.15) is 0 Å². The lowest BCUT2D eigenvalue weighted by Gasteiger charge is -2.49. The Morgan fingerprint density at radius 1 is 1.20 bits per heavy atom. The summed E-state index contributed by atoms with van der Waals surface area (Å²) in [5, 5.41) is 6.01. The number of nitrogens with zero attached hydrogens (tertiary/aromatic N) is 1. The lowest BCUT2D eigenvalue weighted by molar-refractivity contribution is 0.0184. The van der Waals surface area contributed by atoms with E-state index in [1.807, 2.05) is 23.5 Å². The molecule has 3 nitrogen and oxygen atoms in total. The first kappa shape index (κ1) is 17.1. The van der Waals surface area contributed by atoms with Crippen LogP contribution in [0.3, 0.4) is 0 Å². The molecule has 0 aliphatic carbocycles. The van der Waals surface area contributed by atoms with Gasteiger partial charge in [0.2, 0.25) is 0 Å². The van der Waals surface area contributed by atoms with Crippen LogP contribution in [0.25, 0.3) is 0 Å². The number of rotatable bonds is 4. The quantitative estimate of drug-likeness (QED) is 0.839. The van der Waals surface area contributed by atoms with Crippen molar-refractivity contribution in [3.05, 3.63) is 57.2 Å². The molecule has 0 unspecified atom stereocenters. The van der Waals surface area contributed by atoms with Gasteiger partial charge < -0.3 is 5.32 Å². The highest BCUT2D eigenvalue weighted by molar-refractivity contribution is 7.09. The van der Waals surface area contributed by atoms with Crippen LogP contribution in [-0.4, -0.2) is 28.9 Å². The van der Waals surface area contributed by atoms with E-state index in [0.717, 1.165) is 19.4 Å². The third-order valence-electron chi connectivity index (χ3n) is 5.47. The normalized spacial score (nSPS) is 26.4. The van der Waals surface area contributed by atoms with Crippen LogP contribution >= 0.6 is 22.9 Å². The fourth-order valence-electron chi connectivity index (χ4n) is 4.34. The lowest BCUT2D eigenvalue weighted by Crippen LogP contribution is -2.56. The second-order valence-electron chi connectivity index (χ2n) is 7.14. The minimum Gasteiger partial charge on any atom is -0.349 e. The maximum absolute atomic E-state index is 12.5. The van der Waals surface area contributed by atoms with Gasteiger partial charge in [-0.2, -0.15) is 0 Å². The van der Waals surface area contributed by atoms with E-state index >= 15 is 0 Å². The number of benzene rings is 1. The Kier molecular flexibility index (Phi) is 5.11. The number of piperidine rings is 2. The molecular formula is C20H23ClN2OS. The molecule has 2 aliphatic heterocycles. The molecule has 4 rings (SSSR count). The second-order valence-corrected chi connectivity index (χ2v) is 8.61. The number of carbonyl (C=O) groups is 1. The van der Waals surface area contributed by atoms with Crippen LogP contribution in [0.15, 0.2) is 41.8 Å². The summed E-state index contributed by atoms with van der Waals surface area (Å²) < 4.78 is 0. The molecule has 0 spiro atoms. The van der Waals surface area contributed by atoms with Crippen LogP contribution in [0.2, 0.25) is 5.02 Å². The zero-order chi connectivity index (χ0) is 17.2. The minimum absolute atomic E-state index is 0.00252. The van der Waals surface area contributed by atoms with Crippen molar-refractivity contribution >= 4 is 28.8 Å². The molecule has 5 heteroatoms. The average molecular weight is 375 g/mol. The van der Waals surface area contributed by atoms with Gasteiger partial charge in [-0.25, -0.2) is 0 Å². The Morgan fingerprint density at radius 2 is 2.00 bits per heavy atom. The number of thiophene rings is 1. The van der Waals surface area contributed by atoms with Crippen LogP contribution in [0.5, 0.6) is 0 Å². The number of amides is 1. The van der Waals surface area contributed by atoms with Crippen molar-refractivity contribution in [3.63, 3.8) is 0 Å². The first-order valence-corrected chi connectivity index (χ1v) is 10.3. The second kappa shape index (κ2) is 7.48. The molecule has 25 heavy (non-hydrogen) atoms. The summed E-state index contributed by atoms with van der Waals surface area (Å²) in [6.07, 6.45) is 5.89. The molecule has 0 radical (unpaired) electrons. The summed E-state index contributed by atoms with van der Waals surface area (Å²) >= 11 is 7.85. The monoisotopic (exact) mass is 374 g/mol. The van der Waals surface area contributed by atoms with Crippen LogP contribution in [0.1, 0.15) is 47.3 Å². The summed E-state index contributed by atoms with van der Waals surface area (Å²) in [6, 6.07) is 13.0. The molecule has 1 N–H and O–H groups in total. The summed E-state index contributed by atoms with van der Waals surface area (Å²) in [4.78, 5) is 16.7. The fourth-order valence-corrected chi connectivity index (χ4v) is 5.24. The van der Waals surface area contributed by atoms with Gasteiger partial charge in [-0.3, -0.25) is 9.69 Å². The van der Waals surface area contributed by atoms with Gasteiger partial charge >= 0.3 is 0 Å². The van der Waals surface area contributed by atoms with E-state index in [4.69, 9.17) is 11.6 Å². The first-order valence-electron chi connectivity index (χ1n) is 9.03. The van der Waals surface area contributed by atoms with E-state index < -0.39 is 0 Å². The van der Waals surface area contributed by atoms with Crippen molar-refractivity contribution in [2.24, 2.45) is 0 Å². The third kappa shape index (κ3) is 3.91. The Labute approximate surface area is 158 Å². The first-order chi connectivity index (χ1) is 12.2. The predicted octanol–water partition coefficient (Wildman–Crippen LogP) is 4.72.